The second-order valence-corrected chi connectivity index (χ2v) is 8.97. The van der Waals surface area contributed by atoms with Gasteiger partial charge in [0.1, 0.15) is 5.75 Å². The number of hydrogen-bond donors (Lipinski definition) is 0. The Morgan fingerprint density at radius 2 is 2.16 bits per heavy atom. The highest BCUT2D eigenvalue weighted by Gasteiger charge is 2.39. The van der Waals surface area contributed by atoms with E-state index < -0.39 is 0 Å². The summed E-state index contributed by atoms with van der Waals surface area (Å²) < 4.78 is 11.2. The molecule has 8 nitrogen and oxygen atoms in total. The van der Waals surface area contributed by atoms with Gasteiger partial charge in [0.25, 0.3) is 0 Å². The molecule has 2 aromatic heterocycles. The van der Waals surface area contributed by atoms with Crippen LogP contribution >= 0.6 is 11.3 Å². The van der Waals surface area contributed by atoms with Gasteiger partial charge < -0.3 is 19.0 Å². The van der Waals surface area contributed by atoms with E-state index in [4.69, 9.17) is 9.15 Å². The lowest BCUT2D eigenvalue weighted by Crippen LogP contribution is -2.43. The minimum absolute atomic E-state index is 0.0131. The summed E-state index contributed by atoms with van der Waals surface area (Å²) in [7, 11) is 1.59. The van der Waals surface area contributed by atoms with Gasteiger partial charge in [-0.15, -0.1) is 10.2 Å². The van der Waals surface area contributed by atoms with Gasteiger partial charge in [-0.3, -0.25) is 9.59 Å². The van der Waals surface area contributed by atoms with Crippen molar-refractivity contribution in [1.29, 1.82) is 0 Å². The largest absolute Gasteiger partial charge is 0.497 e. The van der Waals surface area contributed by atoms with Gasteiger partial charge in [0.2, 0.25) is 23.6 Å². The fraction of sp³-hybridized carbons (Fsp3) is 0.391. The molecule has 0 N–H and O–H groups in total. The molecule has 2 amide bonds. The number of anilines is 1. The second kappa shape index (κ2) is 8.74. The first-order valence-corrected chi connectivity index (χ1v) is 11.7. The normalized spacial score (nSPS) is 21.2. The molecule has 0 bridgehead atoms. The summed E-state index contributed by atoms with van der Waals surface area (Å²) >= 11 is 1.58. The van der Waals surface area contributed by atoms with Gasteiger partial charge in [-0.2, -0.15) is 11.3 Å². The first kappa shape index (κ1) is 20.7. The summed E-state index contributed by atoms with van der Waals surface area (Å²) in [5.74, 6) is 1.42. The zero-order chi connectivity index (χ0) is 22.1. The molecule has 2 atom stereocenters. The Hall–Kier alpha value is -3.20. The Morgan fingerprint density at radius 1 is 1.25 bits per heavy atom. The third-order valence-electron chi connectivity index (χ3n) is 6.13. The van der Waals surface area contributed by atoms with Gasteiger partial charge in [0.15, 0.2) is 0 Å². The van der Waals surface area contributed by atoms with Gasteiger partial charge >= 0.3 is 0 Å². The van der Waals surface area contributed by atoms with Crippen LogP contribution in [-0.4, -0.2) is 53.7 Å². The number of likely N-dealkylation sites (tertiary alicyclic amines) is 1. The highest BCUT2D eigenvalue weighted by atomic mass is 32.1. The molecule has 2 aliphatic heterocycles. The predicted molar refractivity (Wildman–Crippen MR) is 120 cm³/mol. The molecule has 5 rings (SSSR count). The number of ether oxygens (including phenoxy) is 1. The van der Waals surface area contributed by atoms with Crippen molar-refractivity contribution in [2.75, 3.05) is 31.6 Å². The van der Waals surface area contributed by atoms with E-state index in [1.165, 1.54) is 0 Å². The van der Waals surface area contributed by atoms with E-state index in [0.717, 1.165) is 24.1 Å². The van der Waals surface area contributed by atoms with E-state index in [-0.39, 0.29) is 30.1 Å². The van der Waals surface area contributed by atoms with Crippen LogP contribution in [0, 0.1) is 5.92 Å². The molecule has 0 saturated carbocycles. The van der Waals surface area contributed by atoms with Crippen LogP contribution in [0.25, 0.3) is 11.5 Å². The van der Waals surface area contributed by atoms with Crippen molar-refractivity contribution in [3.05, 3.63) is 47.0 Å². The van der Waals surface area contributed by atoms with Crippen LogP contribution in [0.3, 0.4) is 0 Å². The van der Waals surface area contributed by atoms with E-state index in [9.17, 15) is 9.59 Å². The van der Waals surface area contributed by atoms with E-state index in [1.807, 2.05) is 46.0 Å². The average Bonchev–Trinajstić information content (AvgIpc) is 3.59. The van der Waals surface area contributed by atoms with E-state index in [0.29, 0.717) is 37.2 Å². The Balaban J connectivity index is 1.26. The van der Waals surface area contributed by atoms with E-state index in [1.54, 1.807) is 23.3 Å². The van der Waals surface area contributed by atoms with Crippen molar-refractivity contribution in [1.82, 2.24) is 15.1 Å². The number of rotatable bonds is 5. The van der Waals surface area contributed by atoms with Crippen LogP contribution < -0.4 is 9.64 Å². The van der Waals surface area contributed by atoms with Crippen molar-refractivity contribution in [2.24, 2.45) is 5.92 Å². The molecule has 2 aliphatic rings. The topological polar surface area (TPSA) is 88.8 Å². The molecule has 0 aliphatic carbocycles. The van der Waals surface area contributed by atoms with Crippen molar-refractivity contribution in [3.8, 4) is 17.2 Å². The average molecular weight is 453 g/mol. The maximum atomic E-state index is 13.3. The zero-order valence-electron chi connectivity index (χ0n) is 17.8. The van der Waals surface area contributed by atoms with Crippen molar-refractivity contribution in [3.63, 3.8) is 0 Å². The second-order valence-electron chi connectivity index (χ2n) is 8.19. The molecule has 9 heteroatoms. The predicted octanol–water partition coefficient (Wildman–Crippen LogP) is 3.57. The Kier molecular flexibility index (Phi) is 5.65. The molecular formula is C23H24N4O4S. The van der Waals surface area contributed by atoms with Gasteiger partial charge in [0, 0.05) is 48.8 Å². The minimum Gasteiger partial charge on any atom is -0.497 e. The maximum Gasteiger partial charge on any atom is 0.248 e. The molecule has 2 unspecified atom stereocenters. The smallest absolute Gasteiger partial charge is 0.248 e. The quantitative estimate of drug-likeness (QED) is 0.588. The highest BCUT2D eigenvalue weighted by molar-refractivity contribution is 7.08. The molecule has 4 heterocycles. The van der Waals surface area contributed by atoms with Crippen LogP contribution in [0.1, 0.15) is 31.1 Å². The summed E-state index contributed by atoms with van der Waals surface area (Å²) in [5, 5.41) is 12.4. The number of carbonyl (C=O) groups excluding carboxylic acids is 2. The SMILES string of the molecule is COc1cccc(N2CC(C(=O)N3CCCC(c4nnc(-c5ccsc5)o4)C3)CC2=O)c1. The molecule has 0 radical (unpaired) electrons. The van der Waals surface area contributed by atoms with Gasteiger partial charge in [-0.1, -0.05) is 6.07 Å². The standard InChI is InChI=1S/C23H24N4O4S/c1-30-19-6-2-5-18(11-19)27-13-17(10-20(27)28)23(29)26-8-3-4-15(12-26)21-24-25-22(31-21)16-7-9-32-14-16/h2,5-7,9,11,14-15,17H,3-4,8,10,12-13H2,1H3. The number of aromatic nitrogens is 2. The number of thiophene rings is 1. The molecule has 1 aromatic carbocycles. The summed E-state index contributed by atoms with van der Waals surface area (Å²) in [4.78, 5) is 29.5. The molecule has 0 spiro atoms. The minimum atomic E-state index is -0.350. The van der Waals surface area contributed by atoms with E-state index >= 15 is 0 Å². The number of nitrogens with zero attached hydrogens (tertiary/aromatic N) is 4. The Labute approximate surface area is 189 Å². The maximum absolute atomic E-state index is 13.3. The molecule has 2 saturated heterocycles. The van der Waals surface area contributed by atoms with Crippen molar-refractivity contribution < 1.29 is 18.7 Å². The fourth-order valence-corrected chi connectivity index (χ4v) is 5.07. The molecule has 166 valence electrons. The number of carbonyl (C=O) groups is 2. The Bertz CT molecular complexity index is 1110. The lowest BCUT2D eigenvalue weighted by atomic mass is 9.96. The first-order chi connectivity index (χ1) is 15.6. The Morgan fingerprint density at radius 3 is 2.97 bits per heavy atom. The van der Waals surface area contributed by atoms with Crippen LogP contribution in [0.2, 0.25) is 0 Å². The summed E-state index contributed by atoms with van der Waals surface area (Å²) in [6.07, 6.45) is 1.99. The third kappa shape index (κ3) is 4.00. The van der Waals surface area contributed by atoms with Crippen LogP contribution in [-0.2, 0) is 9.59 Å². The lowest BCUT2D eigenvalue weighted by molar-refractivity contribution is -0.137. The first-order valence-electron chi connectivity index (χ1n) is 10.7. The molecule has 2 fully saturated rings. The molecule has 3 aromatic rings. The number of hydrogen-bond acceptors (Lipinski definition) is 7. The highest BCUT2D eigenvalue weighted by Crippen LogP contribution is 2.32. The monoisotopic (exact) mass is 452 g/mol. The number of amides is 2. The third-order valence-corrected chi connectivity index (χ3v) is 6.81. The van der Waals surface area contributed by atoms with Gasteiger partial charge in [0.05, 0.1) is 18.9 Å². The van der Waals surface area contributed by atoms with Crippen molar-refractivity contribution in [2.45, 2.75) is 25.2 Å². The van der Waals surface area contributed by atoms with Gasteiger partial charge in [-0.25, -0.2) is 0 Å². The zero-order valence-corrected chi connectivity index (χ0v) is 18.6. The van der Waals surface area contributed by atoms with Crippen LogP contribution in [0.5, 0.6) is 5.75 Å². The van der Waals surface area contributed by atoms with Crippen molar-refractivity contribution >= 4 is 28.8 Å². The van der Waals surface area contributed by atoms with E-state index in [2.05, 4.69) is 10.2 Å². The number of methoxy groups -OCH3 is 1. The fourth-order valence-electron chi connectivity index (χ4n) is 4.44. The van der Waals surface area contributed by atoms with Crippen LogP contribution in [0.4, 0.5) is 5.69 Å². The summed E-state index contributed by atoms with van der Waals surface area (Å²) in [6.45, 7) is 1.60. The summed E-state index contributed by atoms with van der Waals surface area (Å²) in [5.41, 5.74) is 1.67. The lowest BCUT2D eigenvalue weighted by Gasteiger charge is -2.32. The van der Waals surface area contributed by atoms with Gasteiger partial charge in [-0.05, 0) is 36.4 Å². The van der Waals surface area contributed by atoms with Crippen LogP contribution in [0.15, 0.2) is 45.5 Å². The number of benzene rings is 1. The molecular weight excluding hydrogens is 428 g/mol. The number of piperidine rings is 1. The summed E-state index contributed by atoms with van der Waals surface area (Å²) in [6, 6.07) is 9.32. The molecule has 32 heavy (non-hydrogen) atoms.